The van der Waals surface area contributed by atoms with E-state index >= 15 is 0 Å². The molecule has 1 aromatic heterocycles. The summed E-state index contributed by atoms with van der Waals surface area (Å²) in [5, 5.41) is 6.18. The highest BCUT2D eigenvalue weighted by molar-refractivity contribution is 5.85. The largest absolute Gasteiger partial charge is 0.352 e. The first kappa shape index (κ1) is 18.3. The molecular formula is C17H23ClN4O2. The van der Waals surface area contributed by atoms with Gasteiger partial charge >= 0.3 is 5.69 Å². The van der Waals surface area contributed by atoms with Gasteiger partial charge in [-0.15, -0.1) is 12.4 Å². The number of carbonyl (C=O) groups excluding carboxylic acids is 1. The van der Waals surface area contributed by atoms with Crippen LogP contribution in [0.5, 0.6) is 0 Å². The van der Waals surface area contributed by atoms with Crippen LogP contribution in [0.2, 0.25) is 0 Å². The maximum atomic E-state index is 12.3. The van der Waals surface area contributed by atoms with Crippen LogP contribution >= 0.6 is 12.4 Å². The fourth-order valence-corrected chi connectivity index (χ4v) is 2.92. The third-order valence-electron chi connectivity index (χ3n) is 4.28. The van der Waals surface area contributed by atoms with Gasteiger partial charge in [0.1, 0.15) is 0 Å². The van der Waals surface area contributed by atoms with Gasteiger partial charge < -0.3 is 10.6 Å². The fraction of sp³-hybridized carbons (Fsp3) is 0.412. The lowest BCUT2D eigenvalue weighted by molar-refractivity contribution is -0.121. The van der Waals surface area contributed by atoms with Gasteiger partial charge in [-0.05, 0) is 25.1 Å². The van der Waals surface area contributed by atoms with Crippen molar-refractivity contribution in [2.45, 2.75) is 19.4 Å². The summed E-state index contributed by atoms with van der Waals surface area (Å²) in [5.74, 6) is -0.0238. The van der Waals surface area contributed by atoms with E-state index in [2.05, 4.69) is 16.7 Å². The average molecular weight is 351 g/mol. The molecule has 0 unspecified atom stereocenters. The lowest BCUT2D eigenvalue weighted by Gasteiger charge is -2.14. The van der Waals surface area contributed by atoms with E-state index in [-0.39, 0.29) is 24.0 Å². The number of nitrogens with zero attached hydrogens (tertiary/aromatic N) is 2. The molecule has 0 saturated carbocycles. The predicted molar refractivity (Wildman–Crippen MR) is 97.6 cm³/mol. The molecule has 0 aliphatic carbocycles. The van der Waals surface area contributed by atoms with E-state index in [1.54, 1.807) is 16.2 Å². The molecule has 3 rings (SSSR count). The number of benzene rings is 1. The number of nitrogens with one attached hydrogen (secondary N) is 2. The number of rotatable bonds is 5. The number of aryl methyl sites for hydroxylation is 2. The summed E-state index contributed by atoms with van der Waals surface area (Å²) in [7, 11) is 1.75. The Hall–Kier alpha value is -2.05. The molecule has 1 aromatic carbocycles. The molecule has 0 saturated heterocycles. The minimum Gasteiger partial charge on any atom is -0.352 e. The van der Waals surface area contributed by atoms with E-state index in [1.807, 2.05) is 24.3 Å². The summed E-state index contributed by atoms with van der Waals surface area (Å²) in [6.45, 7) is 2.83. The van der Waals surface area contributed by atoms with E-state index in [9.17, 15) is 9.59 Å². The second kappa shape index (κ2) is 8.17. The van der Waals surface area contributed by atoms with Gasteiger partial charge in [-0.25, -0.2) is 4.79 Å². The Bertz CT molecular complexity index is 807. The van der Waals surface area contributed by atoms with Gasteiger partial charge in [0.2, 0.25) is 5.91 Å². The van der Waals surface area contributed by atoms with Crippen molar-refractivity contribution in [1.82, 2.24) is 19.8 Å². The molecule has 1 amide bonds. The molecule has 0 radical (unpaired) electrons. The summed E-state index contributed by atoms with van der Waals surface area (Å²) in [6, 6.07) is 7.64. The molecule has 6 nitrogen and oxygen atoms in total. The molecule has 7 heteroatoms. The Morgan fingerprint density at radius 3 is 2.75 bits per heavy atom. The lowest BCUT2D eigenvalue weighted by Crippen LogP contribution is -2.31. The van der Waals surface area contributed by atoms with Crippen molar-refractivity contribution in [3.63, 3.8) is 0 Å². The Labute approximate surface area is 146 Å². The lowest BCUT2D eigenvalue weighted by atomic mass is 10.1. The zero-order valence-electron chi connectivity index (χ0n) is 13.7. The van der Waals surface area contributed by atoms with Crippen molar-refractivity contribution in [2.75, 3.05) is 19.6 Å². The highest BCUT2D eigenvalue weighted by Gasteiger charge is 2.11. The molecule has 2 aromatic rings. The van der Waals surface area contributed by atoms with Crippen molar-refractivity contribution < 1.29 is 4.79 Å². The summed E-state index contributed by atoms with van der Waals surface area (Å²) in [4.78, 5) is 24.3. The van der Waals surface area contributed by atoms with E-state index in [0.29, 0.717) is 19.5 Å². The Morgan fingerprint density at radius 2 is 2.04 bits per heavy atom. The maximum Gasteiger partial charge on any atom is 0.328 e. The average Bonchev–Trinajstić information content (AvgIpc) is 2.83. The van der Waals surface area contributed by atoms with Crippen molar-refractivity contribution in [1.29, 1.82) is 0 Å². The highest BCUT2D eigenvalue weighted by atomic mass is 35.5. The topological polar surface area (TPSA) is 68.1 Å². The Morgan fingerprint density at radius 1 is 1.29 bits per heavy atom. The smallest absolute Gasteiger partial charge is 0.328 e. The number of fused-ring (bicyclic) bond motifs is 1. The maximum absolute atomic E-state index is 12.3. The number of para-hydroxylation sites is 2. The van der Waals surface area contributed by atoms with Crippen LogP contribution < -0.4 is 16.3 Å². The Kier molecular flexibility index (Phi) is 6.23. The standard InChI is InChI=1S/C17H22N4O2.ClH/c1-20-14-4-2-3-5-15(14)21(17(20)23)11-8-16(22)19-12-13-6-9-18-10-7-13;/h2-6,18H,7-12H2,1H3,(H,19,22);1H. The third kappa shape index (κ3) is 3.88. The van der Waals surface area contributed by atoms with Crippen molar-refractivity contribution in [3.8, 4) is 0 Å². The second-order valence-electron chi connectivity index (χ2n) is 5.83. The van der Waals surface area contributed by atoms with E-state index in [4.69, 9.17) is 0 Å². The van der Waals surface area contributed by atoms with Gasteiger partial charge in [0.25, 0.3) is 0 Å². The minimum atomic E-state index is -0.0833. The number of aromatic nitrogens is 2. The van der Waals surface area contributed by atoms with Gasteiger partial charge in [-0.1, -0.05) is 23.8 Å². The van der Waals surface area contributed by atoms with Crippen LogP contribution in [-0.4, -0.2) is 34.7 Å². The summed E-state index contributed by atoms with van der Waals surface area (Å²) in [5.41, 5.74) is 2.94. The van der Waals surface area contributed by atoms with Crippen molar-refractivity contribution in [2.24, 2.45) is 7.05 Å². The zero-order chi connectivity index (χ0) is 16.2. The highest BCUT2D eigenvalue weighted by Crippen LogP contribution is 2.11. The Balaban J connectivity index is 0.00000208. The number of carbonyl (C=O) groups is 1. The van der Waals surface area contributed by atoms with Crippen molar-refractivity contribution in [3.05, 3.63) is 46.4 Å². The SMILES string of the molecule is Cl.Cn1c(=O)n(CCC(=O)NCC2=CCNCC2)c2ccccc21. The van der Waals surface area contributed by atoms with Crippen LogP contribution in [0.1, 0.15) is 12.8 Å². The monoisotopic (exact) mass is 350 g/mol. The van der Waals surface area contributed by atoms with Crippen LogP contribution in [0.4, 0.5) is 0 Å². The molecular weight excluding hydrogens is 328 g/mol. The predicted octanol–water partition coefficient (Wildman–Crippen LogP) is 1.19. The van der Waals surface area contributed by atoms with Crippen LogP contribution in [0.15, 0.2) is 40.7 Å². The normalized spacial score (nSPS) is 14.1. The number of halogens is 1. The molecule has 1 aliphatic heterocycles. The molecule has 0 atom stereocenters. The van der Waals surface area contributed by atoms with E-state index < -0.39 is 0 Å². The van der Waals surface area contributed by atoms with Gasteiger partial charge in [0, 0.05) is 33.1 Å². The minimum absolute atomic E-state index is 0. The zero-order valence-corrected chi connectivity index (χ0v) is 14.6. The first-order valence-electron chi connectivity index (χ1n) is 7.96. The molecule has 2 heterocycles. The van der Waals surface area contributed by atoms with E-state index in [0.717, 1.165) is 30.5 Å². The van der Waals surface area contributed by atoms with Crippen LogP contribution in [0, 0.1) is 0 Å². The molecule has 130 valence electrons. The molecule has 0 bridgehead atoms. The van der Waals surface area contributed by atoms with Gasteiger partial charge in [-0.3, -0.25) is 13.9 Å². The number of hydrogen-bond acceptors (Lipinski definition) is 3. The molecule has 0 fully saturated rings. The number of hydrogen-bond donors (Lipinski definition) is 2. The quantitative estimate of drug-likeness (QED) is 0.796. The molecule has 2 N–H and O–H groups in total. The fourth-order valence-electron chi connectivity index (χ4n) is 2.92. The number of imidazole rings is 1. The summed E-state index contributed by atoms with van der Waals surface area (Å²) >= 11 is 0. The second-order valence-corrected chi connectivity index (χ2v) is 5.83. The first-order chi connectivity index (χ1) is 11.2. The molecule has 1 aliphatic rings. The van der Waals surface area contributed by atoms with Gasteiger partial charge in [0.15, 0.2) is 0 Å². The summed E-state index contributed by atoms with van der Waals surface area (Å²) < 4.78 is 3.28. The van der Waals surface area contributed by atoms with E-state index in [1.165, 1.54) is 5.57 Å². The third-order valence-corrected chi connectivity index (χ3v) is 4.28. The summed E-state index contributed by atoms with van der Waals surface area (Å²) in [6.07, 6.45) is 3.40. The number of amides is 1. The first-order valence-corrected chi connectivity index (χ1v) is 7.96. The molecule has 0 spiro atoms. The van der Waals surface area contributed by atoms with Crippen molar-refractivity contribution >= 4 is 29.3 Å². The van der Waals surface area contributed by atoms with Gasteiger partial charge in [-0.2, -0.15) is 0 Å². The van der Waals surface area contributed by atoms with Crippen LogP contribution in [-0.2, 0) is 18.4 Å². The van der Waals surface area contributed by atoms with Gasteiger partial charge in [0.05, 0.1) is 11.0 Å². The van der Waals surface area contributed by atoms with Crippen LogP contribution in [0.3, 0.4) is 0 Å². The van der Waals surface area contributed by atoms with Crippen LogP contribution in [0.25, 0.3) is 11.0 Å². The molecule has 24 heavy (non-hydrogen) atoms.